The minimum absolute atomic E-state index is 0.0937. The molecule has 1 atom stereocenters. The standard InChI is InChI=1S/C21H26N2O/c24-21(23-15-13-17-8-7-14-22-16-17)20(18-9-3-1-4-10-18)19-11-5-2-6-12-19/h1-6,9-12,17,20,22H,7-8,13-16H2,(H,23,24). The van der Waals surface area contributed by atoms with E-state index >= 15 is 0 Å². The van der Waals surface area contributed by atoms with E-state index < -0.39 is 0 Å². The Kier molecular flexibility index (Phi) is 6.02. The molecule has 1 fully saturated rings. The van der Waals surface area contributed by atoms with Gasteiger partial charge in [-0.05, 0) is 49.4 Å². The van der Waals surface area contributed by atoms with E-state index in [1.807, 2.05) is 60.7 Å². The van der Waals surface area contributed by atoms with Crippen molar-refractivity contribution in [1.29, 1.82) is 0 Å². The average molecular weight is 322 g/mol. The molecule has 126 valence electrons. The monoisotopic (exact) mass is 322 g/mol. The molecule has 0 spiro atoms. The van der Waals surface area contributed by atoms with Crippen LogP contribution in [0.1, 0.15) is 36.3 Å². The van der Waals surface area contributed by atoms with Crippen molar-refractivity contribution in [2.24, 2.45) is 5.92 Å². The quantitative estimate of drug-likeness (QED) is 0.856. The summed E-state index contributed by atoms with van der Waals surface area (Å²) in [5.74, 6) is 0.541. The fraction of sp³-hybridized carbons (Fsp3) is 0.381. The lowest BCUT2D eigenvalue weighted by Gasteiger charge is -2.23. The molecule has 3 nitrogen and oxygen atoms in total. The molecule has 1 heterocycles. The van der Waals surface area contributed by atoms with Crippen molar-refractivity contribution in [2.45, 2.75) is 25.2 Å². The van der Waals surface area contributed by atoms with Gasteiger partial charge in [0.25, 0.3) is 0 Å². The van der Waals surface area contributed by atoms with Crippen LogP contribution in [-0.2, 0) is 4.79 Å². The van der Waals surface area contributed by atoms with Crippen molar-refractivity contribution in [2.75, 3.05) is 19.6 Å². The summed E-state index contributed by atoms with van der Waals surface area (Å²) in [6, 6.07) is 20.1. The smallest absolute Gasteiger partial charge is 0.232 e. The van der Waals surface area contributed by atoms with E-state index in [4.69, 9.17) is 0 Å². The van der Waals surface area contributed by atoms with Crippen molar-refractivity contribution in [3.63, 3.8) is 0 Å². The molecule has 0 bridgehead atoms. The molecule has 0 radical (unpaired) electrons. The Morgan fingerprint density at radius 1 is 1.04 bits per heavy atom. The lowest BCUT2D eigenvalue weighted by atomic mass is 9.90. The van der Waals surface area contributed by atoms with E-state index in [1.54, 1.807) is 0 Å². The summed E-state index contributed by atoms with van der Waals surface area (Å²) < 4.78 is 0. The fourth-order valence-electron chi connectivity index (χ4n) is 3.46. The molecule has 0 aromatic heterocycles. The Balaban J connectivity index is 1.65. The number of rotatable bonds is 6. The summed E-state index contributed by atoms with van der Waals surface area (Å²) in [6.07, 6.45) is 3.56. The third-order valence-corrected chi connectivity index (χ3v) is 4.78. The zero-order chi connectivity index (χ0) is 16.6. The van der Waals surface area contributed by atoms with Crippen LogP contribution >= 0.6 is 0 Å². The maximum Gasteiger partial charge on any atom is 0.232 e. The second-order valence-corrected chi connectivity index (χ2v) is 6.55. The van der Waals surface area contributed by atoms with Gasteiger partial charge in [-0.1, -0.05) is 60.7 Å². The Hall–Kier alpha value is -2.13. The van der Waals surface area contributed by atoms with Gasteiger partial charge in [-0.15, -0.1) is 0 Å². The highest BCUT2D eigenvalue weighted by Crippen LogP contribution is 2.24. The van der Waals surface area contributed by atoms with Gasteiger partial charge in [-0.3, -0.25) is 4.79 Å². The zero-order valence-corrected chi connectivity index (χ0v) is 14.1. The summed E-state index contributed by atoms with van der Waals surface area (Å²) in [5, 5.41) is 6.60. The Labute approximate surface area is 144 Å². The van der Waals surface area contributed by atoms with Gasteiger partial charge >= 0.3 is 0 Å². The number of piperidine rings is 1. The van der Waals surface area contributed by atoms with Gasteiger partial charge in [0, 0.05) is 6.54 Å². The molecule has 0 aliphatic carbocycles. The second-order valence-electron chi connectivity index (χ2n) is 6.55. The highest BCUT2D eigenvalue weighted by molar-refractivity contribution is 5.87. The van der Waals surface area contributed by atoms with Gasteiger partial charge in [0.15, 0.2) is 0 Å². The molecule has 1 unspecified atom stereocenters. The predicted octanol–water partition coefficient (Wildman–Crippen LogP) is 3.32. The van der Waals surface area contributed by atoms with Crippen LogP contribution in [0.2, 0.25) is 0 Å². The van der Waals surface area contributed by atoms with Gasteiger partial charge in [0.05, 0.1) is 5.92 Å². The first-order chi connectivity index (χ1) is 11.8. The van der Waals surface area contributed by atoms with Crippen LogP contribution in [0, 0.1) is 5.92 Å². The summed E-state index contributed by atoms with van der Waals surface area (Å²) in [7, 11) is 0. The van der Waals surface area contributed by atoms with E-state index in [2.05, 4.69) is 10.6 Å². The largest absolute Gasteiger partial charge is 0.355 e. The molecule has 2 aromatic rings. The van der Waals surface area contributed by atoms with Crippen LogP contribution in [0.15, 0.2) is 60.7 Å². The molecule has 2 aromatic carbocycles. The molecular formula is C21H26N2O. The SMILES string of the molecule is O=C(NCCC1CCCNC1)C(c1ccccc1)c1ccccc1. The third kappa shape index (κ3) is 4.45. The van der Waals surface area contributed by atoms with E-state index in [0.717, 1.165) is 37.2 Å². The van der Waals surface area contributed by atoms with Crippen molar-refractivity contribution in [1.82, 2.24) is 10.6 Å². The Bertz CT molecular complexity index is 581. The number of carbonyl (C=O) groups is 1. The second kappa shape index (κ2) is 8.65. The lowest BCUT2D eigenvalue weighted by Crippen LogP contribution is -2.35. The van der Waals surface area contributed by atoms with Crippen LogP contribution in [0.25, 0.3) is 0 Å². The maximum absolute atomic E-state index is 12.9. The van der Waals surface area contributed by atoms with Gasteiger partial charge in [-0.2, -0.15) is 0 Å². The van der Waals surface area contributed by atoms with Crippen molar-refractivity contribution < 1.29 is 4.79 Å². The molecule has 1 aliphatic heterocycles. The molecule has 3 rings (SSSR count). The van der Waals surface area contributed by atoms with E-state index in [-0.39, 0.29) is 11.8 Å². The highest BCUT2D eigenvalue weighted by Gasteiger charge is 2.22. The number of benzene rings is 2. The van der Waals surface area contributed by atoms with Crippen molar-refractivity contribution >= 4 is 5.91 Å². The predicted molar refractivity (Wildman–Crippen MR) is 97.9 cm³/mol. The average Bonchev–Trinajstić information content (AvgIpc) is 2.65. The molecule has 2 N–H and O–H groups in total. The number of amides is 1. The van der Waals surface area contributed by atoms with Crippen LogP contribution in [0.3, 0.4) is 0 Å². The molecule has 24 heavy (non-hydrogen) atoms. The molecular weight excluding hydrogens is 296 g/mol. The maximum atomic E-state index is 12.9. The molecule has 3 heteroatoms. The Morgan fingerprint density at radius 2 is 1.67 bits per heavy atom. The van der Waals surface area contributed by atoms with Crippen molar-refractivity contribution in [3.8, 4) is 0 Å². The first kappa shape index (κ1) is 16.7. The van der Waals surface area contributed by atoms with Gasteiger partial charge in [0.1, 0.15) is 0 Å². The number of nitrogens with one attached hydrogen (secondary N) is 2. The summed E-state index contributed by atoms with van der Waals surface area (Å²) in [4.78, 5) is 12.9. The van der Waals surface area contributed by atoms with Crippen LogP contribution in [-0.4, -0.2) is 25.5 Å². The minimum atomic E-state index is -0.239. The number of carbonyl (C=O) groups excluding carboxylic acids is 1. The van der Waals surface area contributed by atoms with Gasteiger partial charge < -0.3 is 10.6 Å². The van der Waals surface area contributed by atoms with Crippen molar-refractivity contribution in [3.05, 3.63) is 71.8 Å². The molecule has 1 saturated heterocycles. The summed E-state index contributed by atoms with van der Waals surface area (Å²) >= 11 is 0. The zero-order valence-electron chi connectivity index (χ0n) is 14.1. The lowest BCUT2D eigenvalue weighted by molar-refractivity contribution is -0.121. The third-order valence-electron chi connectivity index (χ3n) is 4.78. The van der Waals surface area contributed by atoms with E-state index in [9.17, 15) is 4.79 Å². The molecule has 0 saturated carbocycles. The van der Waals surface area contributed by atoms with Crippen LogP contribution in [0.4, 0.5) is 0 Å². The van der Waals surface area contributed by atoms with E-state index in [0.29, 0.717) is 5.92 Å². The first-order valence-corrected chi connectivity index (χ1v) is 8.93. The fourth-order valence-corrected chi connectivity index (χ4v) is 3.46. The number of hydrogen-bond acceptors (Lipinski definition) is 2. The first-order valence-electron chi connectivity index (χ1n) is 8.93. The normalized spacial score (nSPS) is 17.6. The Morgan fingerprint density at radius 3 is 2.21 bits per heavy atom. The van der Waals surface area contributed by atoms with Gasteiger partial charge in [-0.25, -0.2) is 0 Å². The summed E-state index contributed by atoms with van der Waals surface area (Å²) in [6.45, 7) is 2.96. The van der Waals surface area contributed by atoms with Crippen LogP contribution in [0.5, 0.6) is 0 Å². The highest BCUT2D eigenvalue weighted by atomic mass is 16.1. The molecule has 1 amide bonds. The van der Waals surface area contributed by atoms with E-state index in [1.165, 1.54) is 12.8 Å². The van der Waals surface area contributed by atoms with Gasteiger partial charge in [0.2, 0.25) is 5.91 Å². The van der Waals surface area contributed by atoms with Crippen LogP contribution < -0.4 is 10.6 Å². The minimum Gasteiger partial charge on any atom is -0.355 e. The number of hydrogen-bond donors (Lipinski definition) is 2. The molecule has 1 aliphatic rings. The topological polar surface area (TPSA) is 41.1 Å². The summed E-state index contributed by atoms with van der Waals surface area (Å²) in [5.41, 5.74) is 2.08.